The number of aromatic nitrogens is 2. The van der Waals surface area contributed by atoms with E-state index in [1.807, 2.05) is 74.5 Å². The van der Waals surface area contributed by atoms with Gasteiger partial charge in [0.15, 0.2) is 11.9 Å². The van der Waals surface area contributed by atoms with Crippen molar-refractivity contribution in [1.29, 1.82) is 0 Å². The van der Waals surface area contributed by atoms with Crippen LogP contribution in [0, 0.1) is 13.8 Å². The summed E-state index contributed by atoms with van der Waals surface area (Å²) in [5.41, 5.74) is 2.43. The molecule has 0 aliphatic rings. The number of carbonyl (C=O) groups excluding carboxylic acids is 1. The first kappa shape index (κ1) is 20.0. The van der Waals surface area contributed by atoms with Crippen LogP contribution in [0.3, 0.4) is 0 Å². The minimum atomic E-state index is -0.688. The Morgan fingerprint density at radius 1 is 1.00 bits per heavy atom. The molecule has 0 radical (unpaired) electrons. The van der Waals surface area contributed by atoms with E-state index in [2.05, 4.69) is 9.97 Å². The van der Waals surface area contributed by atoms with Crippen LogP contribution in [0.2, 0.25) is 0 Å². The Balaban J connectivity index is 1.66. The average molecular weight is 419 g/mol. The Bertz CT molecular complexity index is 1210. The molecule has 5 nitrogen and oxygen atoms in total. The molecular formula is C24H22N2O3S. The number of aryl methyl sites for hydroxylation is 2. The van der Waals surface area contributed by atoms with E-state index in [0.717, 1.165) is 21.6 Å². The number of rotatable bonds is 5. The molecule has 0 spiro atoms. The fourth-order valence-corrected chi connectivity index (χ4v) is 4.55. The molecule has 0 aliphatic carbocycles. The number of ether oxygens (including phenoxy) is 1. The van der Waals surface area contributed by atoms with Crippen LogP contribution in [0.1, 0.15) is 46.3 Å². The quantitative estimate of drug-likeness (QED) is 0.461. The number of nitrogens with zero attached hydrogens (tertiary/aromatic N) is 1. The van der Waals surface area contributed by atoms with Crippen LogP contribution in [0.15, 0.2) is 65.5 Å². The molecule has 0 saturated carbocycles. The summed E-state index contributed by atoms with van der Waals surface area (Å²) in [5, 5.41) is 0.603. The molecule has 0 unspecified atom stereocenters. The van der Waals surface area contributed by atoms with Gasteiger partial charge in [0.1, 0.15) is 10.7 Å². The summed E-state index contributed by atoms with van der Waals surface area (Å²) in [6, 6.07) is 19.1. The molecule has 6 heteroatoms. The fourth-order valence-electron chi connectivity index (χ4n) is 3.52. The van der Waals surface area contributed by atoms with Crippen LogP contribution >= 0.6 is 11.3 Å². The second kappa shape index (κ2) is 8.24. The number of hydrogen-bond acceptors (Lipinski definition) is 5. The summed E-state index contributed by atoms with van der Waals surface area (Å²) in [7, 11) is 0. The molecule has 152 valence electrons. The van der Waals surface area contributed by atoms with E-state index in [-0.39, 0.29) is 11.5 Å². The van der Waals surface area contributed by atoms with Gasteiger partial charge in [-0.05, 0) is 37.5 Å². The molecule has 0 saturated heterocycles. The second-order valence-electron chi connectivity index (χ2n) is 7.25. The molecule has 2 aromatic heterocycles. The molecule has 2 aromatic carbocycles. The van der Waals surface area contributed by atoms with Crippen LogP contribution in [-0.2, 0) is 9.53 Å². The van der Waals surface area contributed by atoms with Crippen molar-refractivity contribution in [1.82, 2.24) is 9.97 Å². The van der Waals surface area contributed by atoms with E-state index in [4.69, 9.17) is 4.74 Å². The third-order valence-electron chi connectivity index (χ3n) is 5.24. The standard InChI is InChI=1S/C24H22N2O3S/c1-14-16(3)30-23-19(14)22(27)25-21(26-23)15(2)29-24(28)20(17-10-6-4-7-11-17)18-12-8-5-9-13-18/h4-13,15,20H,1-3H3,(H,25,26,27)/t15-/m0/s1. The van der Waals surface area contributed by atoms with E-state index in [0.29, 0.717) is 16.0 Å². The molecule has 0 fully saturated rings. The highest BCUT2D eigenvalue weighted by Crippen LogP contribution is 2.30. The summed E-state index contributed by atoms with van der Waals surface area (Å²) in [6.07, 6.45) is -0.688. The van der Waals surface area contributed by atoms with Crippen LogP contribution in [0.25, 0.3) is 10.2 Å². The fraction of sp³-hybridized carbons (Fsp3) is 0.208. The van der Waals surface area contributed by atoms with E-state index in [9.17, 15) is 9.59 Å². The zero-order valence-electron chi connectivity index (χ0n) is 17.0. The molecule has 4 aromatic rings. The SMILES string of the molecule is Cc1sc2nc([C@H](C)OC(=O)C(c3ccccc3)c3ccccc3)[nH]c(=O)c2c1C. The normalized spacial score (nSPS) is 12.3. The number of hydrogen-bond donors (Lipinski definition) is 1. The number of fused-ring (bicyclic) bond motifs is 1. The van der Waals surface area contributed by atoms with Gasteiger partial charge in [-0.1, -0.05) is 60.7 Å². The van der Waals surface area contributed by atoms with Crippen LogP contribution in [-0.4, -0.2) is 15.9 Å². The third kappa shape index (κ3) is 3.78. The van der Waals surface area contributed by atoms with E-state index < -0.39 is 12.0 Å². The van der Waals surface area contributed by atoms with E-state index in [1.54, 1.807) is 6.92 Å². The van der Waals surface area contributed by atoms with Gasteiger partial charge in [-0.15, -0.1) is 11.3 Å². The lowest BCUT2D eigenvalue weighted by Gasteiger charge is -2.20. The van der Waals surface area contributed by atoms with Gasteiger partial charge in [0.2, 0.25) is 0 Å². The van der Waals surface area contributed by atoms with Gasteiger partial charge >= 0.3 is 5.97 Å². The summed E-state index contributed by atoms with van der Waals surface area (Å²) in [6.45, 7) is 5.61. The molecule has 0 aliphatic heterocycles. The number of thiophene rings is 1. The Kier molecular flexibility index (Phi) is 5.50. The lowest BCUT2D eigenvalue weighted by Crippen LogP contribution is -2.21. The molecule has 1 N–H and O–H groups in total. The maximum absolute atomic E-state index is 13.2. The molecule has 0 bridgehead atoms. The number of benzene rings is 2. The second-order valence-corrected chi connectivity index (χ2v) is 8.45. The Labute approximate surface area is 178 Å². The Morgan fingerprint density at radius 2 is 1.57 bits per heavy atom. The zero-order chi connectivity index (χ0) is 21.3. The molecule has 30 heavy (non-hydrogen) atoms. The lowest BCUT2D eigenvalue weighted by atomic mass is 9.91. The Morgan fingerprint density at radius 3 is 2.13 bits per heavy atom. The van der Waals surface area contributed by atoms with Crippen molar-refractivity contribution in [3.05, 3.63) is 98.4 Å². The van der Waals surface area contributed by atoms with Gasteiger partial charge in [-0.3, -0.25) is 9.59 Å². The zero-order valence-corrected chi connectivity index (χ0v) is 17.8. The van der Waals surface area contributed by atoms with E-state index in [1.165, 1.54) is 11.3 Å². The highest BCUT2D eigenvalue weighted by Gasteiger charge is 2.27. The monoisotopic (exact) mass is 418 g/mol. The number of esters is 1. The predicted octanol–water partition coefficient (Wildman–Crippen LogP) is 5.04. The van der Waals surface area contributed by atoms with Gasteiger partial charge in [0, 0.05) is 4.88 Å². The third-order valence-corrected chi connectivity index (χ3v) is 6.34. The molecule has 4 rings (SSSR count). The number of nitrogens with one attached hydrogen (secondary N) is 1. The highest BCUT2D eigenvalue weighted by molar-refractivity contribution is 7.18. The van der Waals surface area contributed by atoms with Crippen LogP contribution in [0.4, 0.5) is 0 Å². The van der Waals surface area contributed by atoms with Crippen molar-refractivity contribution >= 4 is 27.5 Å². The smallest absolute Gasteiger partial charge is 0.318 e. The summed E-state index contributed by atoms with van der Waals surface area (Å²) in [4.78, 5) is 34.8. The summed E-state index contributed by atoms with van der Waals surface area (Å²) in [5.74, 6) is -0.598. The Hall–Kier alpha value is -3.25. The van der Waals surface area contributed by atoms with Gasteiger partial charge in [0.05, 0.1) is 5.39 Å². The minimum Gasteiger partial charge on any atom is -0.454 e. The maximum atomic E-state index is 13.2. The van der Waals surface area contributed by atoms with Crippen molar-refractivity contribution < 1.29 is 9.53 Å². The van der Waals surface area contributed by atoms with Crippen molar-refractivity contribution in [2.75, 3.05) is 0 Å². The predicted molar refractivity (Wildman–Crippen MR) is 119 cm³/mol. The largest absolute Gasteiger partial charge is 0.454 e. The van der Waals surface area contributed by atoms with Crippen LogP contribution in [0.5, 0.6) is 0 Å². The van der Waals surface area contributed by atoms with E-state index >= 15 is 0 Å². The summed E-state index contributed by atoms with van der Waals surface area (Å²) >= 11 is 1.47. The van der Waals surface area contributed by atoms with Gasteiger partial charge in [0.25, 0.3) is 5.56 Å². The molecule has 1 atom stereocenters. The number of aromatic amines is 1. The van der Waals surface area contributed by atoms with Crippen molar-refractivity contribution in [3.63, 3.8) is 0 Å². The first-order valence-corrected chi connectivity index (χ1v) is 10.6. The maximum Gasteiger partial charge on any atom is 0.318 e. The van der Waals surface area contributed by atoms with Gasteiger partial charge in [-0.25, -0.2) is 4.98 Å². The topological polar surface area (TPSA) is 72.0 Å². The van der Waals surface area contributed by atoms with Crippen molar-refractivity contribution in [3.8, 4) is 0 Å². The minimum absolute atomic E-state index is 0.206. The van der Waals surface area contributed by atoms with Crippen molar-refractivity contribution in [2.45, 2.75) is 32.8 Å². The van der Waals surface area contributed by atoms with Gasteiger partial charge in [-0.2, -0.15) is 0 Å². The van der Waals surface area contributed by atoms with Crippen LogP contribution < -0.4 is 5.56 Å². The molecule has 2 heterocycles. The molecular weight excluding hydrogens is 396 g/mol. The van der Waals surface area contributed by atoms with Gasteiger partial charge < -0.3 is 9.72 Å². The first-order chi connectivity index (χ1) is 14.5. The van der Waals surface area contributed by atoms with Crippen molar-refractivity contribution in [2.24, 2.45) is 0 Å². The molecule has 0 amide bonds. The highest BCUT2D eigenvalue weighted by atomic mass is 32.1. The first-order valence-electron chi connectivity index (χ1n) is 9.76. The summed E-state index contributed by atoms with van der Waals surface area (Å²) < 4.78 is 5.78. The lowest BCUT2D eigenvalue weighted by molar-refractivity contribution is -0.149. The number of H-pyrrole nitrogens is 1. The number of carbonyl (C=O) groups is 1. The average Bonchev–Trinajstić information content (AvgIpc) is 3.03.